The van der Waals surface area contributed by atoms with E-state index in [0.717, 1.165) is 14.0 Å². The minimum absolute atomic E-state index is 0.614. The number of methoxy groups -OCH3 is 1. The van der Waals surface area contributed by atoms with E-state index in [1.165, 1.54) is 0 Å². The molecule has 1 heterocycles. The van der Waals surface area contributed by atoms with Gasteiger partial charge in [-0.15, -0.1) is 0 Å². The van der Waals surface area contributed by atoms with Crippen molar-refractivity contribution in [3.05, 3.63) is 0 Å². The first kappa shape index (κ1) is 19.4. The SMILES string of the molecule is CCOP1([O-])(OC(C(F)(F)F)C(F)(F)F)OCC1C(=O)OC. The standard InChI is InChI=1S/C9H12F6O6P/c1-3-19-22(17,5(4-20-22)6(16)18-2)21-7(8(10,11)12)9(13,14)15/h5,7H,3-4H2,1-2H3/q-1. The molecule has 1 aliphatic rings. The van der Waals surface area contributed by atoms with E-state index in [4.69, 9.17) is 0 Å². The Labute approximate surface area is 120 Å². The number of carbonyl (C=O) groups excluding carboxylic acids is 1. The normalized spacial score (nSPS) is 25.9. The second kappa shape index (κ2) is 5.75. The third kappa shape index (κ3) is 3.46. The van der Waals surface area contributed by atoms with Gasteiger partial charge in [0.25, 0.3) is 0 Å². The molecule has 1 fully saturated rings. The fraction of sp³-hybridized carbons (Fsp3) is 0.889. The van der Waals surface area contributed by atoms with Gasteiger partial charge in [0.05, 0.1) is 0 Å². The molecule has 0 aliphatic carbocycles. The maximum absolute atomic E-state index is 12.5. The third-order valence-electron chi connectivity index (χ3n) is 2.70. The number of halogens is 6. The van der Waals surface area contributed by atoms with Crippen LogP contribution in [0.2, 0.25) is 0 Å². The summed E-state index contributed by atoms with van der Waals surface area (Å²) in [4.78, 5) is 23.9. The molecule has 0 radical (unpaired) electrons. The fourth-order valence-electron chi connectivity index (χ4n) is 1.70. The summed E-state index contributed by atoms with van der Waals surface area (Å²) in [6, 6.07) is 0. The van der Waals surface area contributed by atoms with E-state index in [0.29, 0.717) is 0 Å². The summed E-state index contributed by atoms with van der Waals surface area (Å²) in [7, 11) is -5.39. The number of hydrogen-bond acceptors (Lipinski definition) is 6. The first-order valence-corrected chi connectivity index (χ1v) is 7.71. The van der Waals surface area contributed by atoms with Crippen LogP contribution in [0, 0.1) is 0 Å². The van der Waals surface area contributed by atoms with Crippen molar-refractivity contribution in [1.29, 1.82) is 0 Å². The molecule has 1 saturated heterocycles. The summed E-state index contributed by atoms with van der Waals surface area (Å²) in [6.07, 6.45) is -16.3. The van der Waals surface area contributed by atoms with Gasteiger partial charge in [-0.3, -0.25) is 0 Å². The fourth-order valence-corrected chi connectivity index (χ4v) is 4.42. The Bertz CT molecular complexity index is 427. The second-order valence-electron chi connectivity index (χ2n) is 4.19. The van der Waals surface area contributed by atoms with Crippen LogP contribution in [-0.2, 0) is 23.1 Å². The zero-order chi connectivity index (χ0) is 17.4. The third-order valence-corrected chi connectivity index (χ3v) is 6.01. The molecular weight excluding hydrogens is 349 g/mol. The maximum atomic E-state index is 12.5. The van der Waals surface area contributed by atoms with E-state index in [2.05, 4.69) is 18.3 Å². The van der Waals surface area contributed by atoms with E-state index < -0.39 is 50.8 Å². The molecule has 0 bridgehead atoms. The summed E-state index contributed by atoms with van der Waals surface area (Å²) in [5.41, 5.74) is -2.02. The van der Waals surface area contributed by atoms with Crippen molar-refractivity contribution in [3.63, 3.8) is 0 Å². The molecule has 0 aromatic carbocycles. The van der Waals surface area contributed by atoms with Gasteiger partial charge < -0.3 is 0 Å². The molecular formula is C9H12F6O6P-. The van der Waals surface area contributed by atoms with Gasteiger partial charge >= 0.3 is 119 Å². The zero-order valence-corrected chi connectivity index (χ0v) is 12.1. The van der Waals surface area contributed by atoms with Gasteiger partial charge in [0, 0.05) is 0 Å². The van der Waals surface area contributed by atoms with Crippen molar-refractivity contribution >= 4 is 13.5 Å². The van der Waals surface area contributed by atoms with Crippen molar-refractivity contribution < 1.29 is 54.3 Å². The van der Waals surface area contributed by atoms with E-state index in [-0.39, 0.29) is 0 Å². The van der Waals surface area contributed by atoms with Crippen molar-refractivity contribution in [1.82, 2.24) is 0 Å². The Balaban J connectivity index is 3.23. The number of rotatable bonds is 5. The average molecular weight is 361 g/mol. The Morgan fingerprint density at radius 3 is 2.09 bits per heavy atom. The van der Waals surface area contributed by atoms with Crippen LogP contribution in [0.25, 0.3) is 0 Å². The van der Waals surface area contributed by atoms with Gasteiger partial charge in [-0.1, -0.05) is 0 Å². The topological polar surface area (TPSA) is 77.0 Å². The molecule has 0 saturated carbocycles. The van der Waals surface area contributed by atoms with Gasteiger partial charge in [0.2, 0.25) is 0 Å². The first-order chi connectivity index (χ1) is 9.78. The molecule has 0 spiro atoms. The van der Waals surface area contributed by atoms with Crippen LogP contribution in [-0.4, -0.2) is 50.4 Å². The molecule has 0 aromatic rings. The van der Waals surface area contributed by atoms with E-state index in [9.17, 15) is 36.0 Å². The van der Waals surface area contributed by atoms with E-state index in [1.54, 1.807) is 0 Å². The Kier molecular flexibility index (Phi) is 5.06. The molecule has 22 heavy (non-hydrogen) atoms. The van der Waals surface area contributed by atoms with Crippen molar-refractivity contribution in [3.8, 4) is 0 Å². The number of alkyl halides is 6. The molecule has 1 unspecified atom stereocenters. The van der Waals surface area contributed by atoms with Crippen LogP contribution in [0.4, 0.5) is 26.3 Å². The van der Waals surface area contributed by atoms with Gasteiger partial charge in [-0.2, -0.15) is 0 Å². The quantitative estimate of drug-likeness (QED) is 0.421. The summed E-state index contributed by atoms with van der Waals surface area (Å²) < 4.78 is 91.9. The Hall–Kier alpha value is -0.680. The minimum atomic E-state index is -6.19. The van der Waals surface area contributed by atoms with Gasteiger partial charge in [0.15, 0.2) is 0 Å². The summed E-state index contributed by atoms with van der Waals surface area (Å²) in [5.74, 6) is -1.37. The van der Waals surface area contributed by atoms with Crippen molar-refractivity contribution in [2.24, 2.45) is 0 Å². The van der Waals surface area contributed by atoms with Crippen LogP contribution < -0.4 is 4.89 Å². The predicted octanol–water partition coefficient (Wildman–Crippen LogP) is 1.68. The van der Waals surface area contributed by atoms with Crippen LogP contribution in [0.1, 0.15) is 6.92 Å². The summed E-state index contributed by atoms with van der Waals surface area (Å²) in [6.45, 7) is -0.241. The van der Waals surface area contributed by atoms with E-state index in [1.807, 2.05) is 0 Å². The monoisotopic (exact) mass is 361 g/mol. The number of carbonyl (C=O) groups is 1. The number of hydrogen-bond donors (Lipinski definition) is 0. The summed E-state index contributed by atoms with van der Waals surface area (Å²) >= 11 is 0. The van der Waals surface area contributed by atoms with Gasteiger partial charge in [0.1, 0.15) is 0 Å². The molecule has 13 heteroatoms. The van der Waals surface area contributed by atoms with Crippen molar-refractivity contribution in [2.75, 3.05) is 20.3 Å². The van der Waals surface area contributed by atoms with Crippen LogP contribution in [0.15, 0.2) is 0 Å². The van der Waals surface area contributed by atoms with Crippen LogP contribution in [0.5, 0.6) is 0 Å². The second-order valence-corrected chi connectivity index (χ2v) is 7.28. The Morgan fingerprint density at radius 1 is 1.32 bits per heavy atom. The van der Waals surface area contributed by atoms with E-state index >= 15 is 0 Å². The molecule has 0 N–H and O–H groups in total. The number of ether oxygens (including phenoxy) is 1. The molecule has 6 nitrogen and oxygen atoms in total. The molecule has 1 rings (SSSR count). The molecule has 1 atom stereocenters. The average Bonchev–Trinajstić information content (AvgIpc) is 2.32. The summed E-state index contributed by atoms with van der Waals surface area (Å²) in [5, 5.41) is 0. The van der Waals surface area contributed by atoms with Gasteiger partial charge in [-0.25, -0.2) is 0 Å². The predicted molar refractivity (Wildman–Crippen MR) is 57.3 cm³/mol. The molecule has 1 aliphatic heterocycles. The molecule has 0 aromatic heterocycles. The Morgan fingerprint density at radius 2 is 1.82 bits per heavy atom. The van der Waals surface area contributed by atoms with Crippen LogP contribution >= 0.6 is 7.51 Å². The first-order valence-electron chi connectivity index (χ1n) is 5.73. The zero-order valence-electron chi connectivity index (χ0n) is 11.2. The van der Waals surface area contributed by atoms with Crippen molar-refractivity contribution in [2.45, 2.75) is 31.0 Å². The van der Waals surface area contributed by atoms with Gasteiger partial charge in [-0.05, 0) is 0 Å². The van der Waals surface area contributed by atoms with Crippen LogP contribution in [0.3, 0.4) is 0 Å². The molecule has 132 valence electrons. The molecule has 0 amide bonds. The number of esters is 1.